The molecule has 1 aliphatic rings. The first-order valence-electron chi connectivity index (χ1n) is 8.48. The molecule has 0 radical (unpaired) electrons. The number of rotatable bonds is 5. The van der Waals surface area contributed by atoms with Gasteiger partial charge in [0.15, 0.2) is 0 Å². The average molecular weight is 315 g/mol. The third-order valence-corrected chi connectivity index (χ3v) is 4.73. The number of fused-ring (bicyclic) bond motifs is 1. The van der Waals surface area contributed by atoms with Gasteiger partial charge in [-0.1, -0.05) is 25.0 Å². The van der Waals surface area contributed by atoms with E-state index in [1.807, 2.05) is 33.7 Å². The summed E-state index contributed by atoms with van der Waals surface area (Å²) >= 11 is 0. The van der Waals surface area contributed by atoms with Crippen LogP contribution in [0.2, 0.25) is 0 Å². The number of carbonyl (C=O) groups is 1. The summed E-state index contributed by atoms with van der Waals surface area (Å²) in [5, 5.41) is 9.58. The Morgan fingerprint density at radius 3 is 2.70 bits per heavy atom. The fourth-order valence-electron chi connectivity index (χ4n) is 3.74. The molecule has 1 aromatic carbocycles. The zero-order chi connectivity index (χ0) is 16.4. The van der Waals surface area contributed by atoms with Gasteiger partial charge in [0.05, 0.1) is 11.0 Å². The highest BCUT2D eigenvalue weighted by molar-refractivity contribution is 5.81. The van der Waals surface area contributed by atoms with Gasteiger partial charge in [0.2, 0.25) is 5.91 Å². The number of imidazole rings is 1. The molecule has 1 amide bonds. The first kappa shape index (κ1) is 16.0. The SMILES string of the molecule is CC(C)N(C(=O)Cn1c(CO)nc2ccccc21)C1CCCC1. The summed E-state index contributed by atoms with van der Waals surface area (Å²) in [6, 6.07) is 8.26. The number of carbonyl (C=O) groups excluding carboxylic acids is 1. The van der Waals surface area contributed by atoms with Crippen LogP contribution in [0.5, 0.6) is 0 Å². The molecular weight excluding hydrogens is 290 g/mol. The summed E-state index contributed by atoms with van der Waals surface area (Å²) in [4.78, 5) is 19.4. The molecule has 23 heavy (non-hydrogen) atoms. The molecular formula is C18H25N3O2. The Morgan fingerprint density at radius 2 is 2.04 bits per heavy atom. The van der Waals surface area contributed by atoms with Crippen molar-refractivity contribution in [1.82, 2.24) is 14.5 Å². The lowest BCUT2D eigenvalue weighted by Gasteiger charge is -2.33. The van der Waals surface area contributed by atoms with Gasteiger partial charge in [-0.15, -0.1) is 0 Å². The monoisotopic (exact) mass is 315 g/mol. The molecule has 1 aromatic heterocycles. The third-order valence-electron chi connectivity index (χ3n) is 4.73. The molecule has 3 rings (SSSR count). The van der Waals surface area contributed by atoms with Gasteiger partial charge in [0.25, 0.3) is 0 Å². The van der Waals surface area contributed by atoms with Crippen LogP contribution in [0.15, 0.2) is 24.3 Å². The summed E-state index contributed by atoms with van der Waals surface area (Å²) in [6.07, 6.45) is 4.61. The Balaban J connectivity index is 1.89. The molecule has 0 saturated heterocycles. The number of para-hydroxylation sites is 2. The summed E-state index contributed by atoms with van der Waals surface area (Å²) in [5.41, 5.74) is 1.72. The zero-order valence-corrected chi connectivity index (χ0v) is 13.9. The molecule has 5 nitrogen and oxygen atoms in total. The first-order valence-corrected chi connectivity index (χ1v) is 8.48. The smallest absolute Gasteiger partial charge is 0.243 e. The molecule has 0 spiro atoms. The van der Waals surface area contributed by atoms with Gasteiger partial charge >= 0.3 is 0 Å². The van der Waals surface area contributed by atoms with Crippen molar-refractivity contribution in [3.05, 3.63) is 30.1 Å². The minimum atomic E-state index is -0.160. The Morgan fingerprint density at radius 1 is 1.35 bits per heavy atom. The zero-order valence-electron chi connectivity index (χ0n) is 13.9. The van der Waals surface area contributed by atoms with Crippen LogP contribution >= 0.6 is 0 Å². The van der Waals surface area contributed by atoms with Crippen molar-refractivity contribution in [1.29, 1.82) is 0 Å². The number of nitrogens with zero attached hydrogens (tertiary/aromatic N) is 3. The predicted octanol–water partition coefficient (Wildman–Crippen LogP) is 2.71. The van der Waals surface area contributed by atoms with Gasteiger partial charge in [-0.2, -0.15) is 0 Å². The first-order chi connectivity index (χ1) is 11.1. The van der Waals surface area contributed by atoms with E-state index in [-0.39, 0.29) is 25.1 Å². The molecule has 5 heteroatoms. The van der Waals surface area contributed by atoms with Crippen molar-refractivity contribution in [2.24, 2.45) is 0 Å². The van der Waals surface area contributed by atoms with Crippen LogP contribution in [0, 0.1) is 0 Å². The maximum Gasteiger partial charge on any atom is 0.243 e. The van der Waals surface area contributed by atoms with Crippen LogP contribution in [0.3, 0.4) is 0 Å². The lowest BCUT2D eigenvalue weighted by atomic mass is 10.1. The second-order valence-electron chi connectivity index (χ2n) is 6.59. The van der Waals surface area contributed by atoms with Crippen LogP contribution in [0.4, 0.5) is 0 Å². The van der Waals surface area contributed by atoms with Crippen molar-refractivity contribution >= 4 is 16.9 Å². The molecule has 1 saturated carbocycles. The number of hydrogen-bond donors (Lipinski definition) is 1. The molecule has 0 bridgehead atoms. The maximum atomic E-state index is 12.9. The van der Waals surface area contributed by atoms with E-state index in [2.05, 4.69) is 18.8 Å². The lowest BCUT2D eigenvalue weighted by Crippen LogP contribution is -2.45. The molecule has 2 aromatic rings. The highest BCUT2D eigenvalue weighted by atomic mass is 16.3. The van der Waals surface area contributed by atoms with Gasteiger partial charge in [0.1, 0.15) is 19.0 Å². The number of aromatic nitrogens is 2. The van der Waals surface area contributed by atoms with Crippen LogP contribution in [0.1, 0.15) is 45.4 Å². The Bertz CT molecular complexity index is 687. The highest BCUT2D eigenvalue weighted by Crippen LogP contribution is 2.26. The molecule has 0 aliphatic heterocycles. The average Bonchev–Trinajstić information content (AvgIpc) is 3.15. The van der Waals surface area contributed by atoms with Gasteiger partial charge in [-0.3, -0.25) is 4.79 Å². The number of aliphatic hydroxyl groups is 1. The van der Waals surface area contributed by atoms with E-state index in [1.54, 1.807) is 0 Å². The molecule has 124 valence electrons. The van der Waals surface area contributed by atoms with Gasteiger partial charge in [-0.05, 0) is 38.8 Å². The topological polar surface area (TPSA) is 58.4 Å². The van der Waals surface area contributed by atoms with Crippen LogP contribution in [-0.4, -0.2) is 37.5 Å². The fraction of sp³-hybridized carbons (Fsp3) is 0.556. The number of benzene rings is 1. The number of aliphatic hydroxyl groups excluding tert-OH is 1. The van der Waals surface area contributed by atoms with E-state index in [1.165, 1.54) is 12.8 Å². The Kier molecular flexibility index (Phi) is 4.66. The van der Waals surface area contributed by atoms with Crippen LogP contribution < -0.4 is 0 Å². The van der Waals surface area contributed by atoms with E-state index < -0.39 is 0 Å². The predicted molar refractivity (Wildman–Crippen MR) is 89.9 cm³/mol. The quantitative estimate of drug-likeness (QED) is 0.923. The summed E-state index contributed by atoms with van der Waals surface area (Å²) in [5.74, 6) is 0.666. The Labute approximate surface area is 136 Å². The largest absolute Gasteiger partial charge is 0.388 e. The second kappa shape index (κ2) is 6.71. The van der Waals surface area contributed by atoms with Crippen molar-refractivity contribution < 1.29 is 9.90 Å². The van der Waals surface area contributed by atoms with Crippen LogP contribution in [-0.2, 0) is 17.9 Å². The van der Waals surface area contributed by atoms with E-state index >= 15 is 0 Å². The molecule has 0 atom stereocenters. The molecule has 1 fully saturated rings. The summed E-state index contributed by atoms with van der Waals surface area (Å²) in [7, 11) is 0. The minimum Gasteiger partial charge on any atom is -0.388 e. The summed E-state index contributed by atoms with van der Waals surface area (Å²) < 4.78 is 1.85. The lowest BCUT2D eigenvalue weighted by molar-refractivity contribution is -0.136. The molecule has 1 heterocycles. The maximum absolute atomic E-state index is 12.9. The molecule has 1 aliphatic carbocycles. The van der Waals surface area contributed by atoms with Gasteiger partial charge in [0, 0.05) is 12.1 Å². The highest BCUT2D eigenvalue weighted by Gasteiger charge is 2.29. The van der Waals surface area contributed by atoms with Crippen molar-refractivity contribution in [2.45, 2.75) is 64.8 Å². The van der Waals surface area contributed by atoms with Crippen molar-refractivity contribution in [2.75, 3.05) is 0 Å². The normalized spacial score (nSPS) is 15.7. The summed E-state index contributed by atoms with van der Waals surface area (Å²) in [6.45, 7) is 4.24. The van der Waals surface area contributed by atoms with Gasteiger partial charge < -0.3 is 14.6 Å². The van der Waals surface area contributed by atoms with E-state index in [4.69, 9.17) is 0 Å². The van der Waals surface area contributed by atoms with E-state index in [9.17, 15) is 9.90 Å². The number of amides is 1. The molecule has 1 N–H and O–H groups in total. The van der Waals surface area contributed by atoms with Crippen molar-refractivity contribution in [3.8, 4) is 0 Å². The van der Waals surface area contributed by atoms with Crippen LogP contribution in [0.25, 0.3) is 11.0 Å². The van der Waals surface area contributed by atoms with E-state index in [0.29, 0.717) is 11.9 Å². The number of hydrogen-bond acceptors (Lipinski definition) is 3. The standard InChI is InChI=1S/C18H25N3O2/c1-13(2)21(14-7-3-4-8-14)18(23)11-20-16-10-6-5-9-15(16)19-17(20)12-22/h5-6,9-10,13-14,22H,3-4,7-8,11-12H2,1-2H3. The molecule has 0 unspecified atom stereocenters. The van der Waals surface area contributed by atoms with Crippen molar-refractivity contribution in [3.63, 3.8) is 0 Å². The minimum absolute atomic E-state index is 0.116. The third kappa shape index (κ3) is 3.11. The fourth-order valence-corrected chi connectivity index (χ4v) is 3.74. The Hall–Kier alpha value is -1.88. The van der Waals surface area contributed by atoms with E-state index in [0.717, 1.165) is 23.9 Å². The van der Waals surface area contributed by atoms with Gasteiger partial charge in [-0.25, -0.2) is 4.98 Å². The second-order valence-corrected chi connectivity index (χ2v) is 6.59.